The van der Waals surface area contributed by atoms with Crippen molar-refractivity contribution in [2.24, 2.45) is 23.7 Å². The van der Waals surface area contributed by atoms with Gasteiger partial charge in [-0.1, -0.05) is 13.8 Å². The van der Waals surface area contributed by atoms with Gasteiger partial charge in [0.2, 0.25) is 23.4 Å². The van der Waals surface area contributed by atoms with Gasteiger partial charge in [0.1, 0.15) is 30.1 Å². The van der Waals surface area contributed by atoms with Crippen LogP contribution in [0.1, 0.15) is 84.2 Å². The standard InChI is InChI=1S/2C38H42F4N8O3.C2HF3O2.CH2O2/c2*1-3-23-14-25(46-34-35-45-18-30(49(35)13-10-44-34)29-6-7-31(53-38(41)42)33(40)32(29)39)4-5-28(23)37(52)47-11-8-24(9-12-47)36(51)48-19-26-15-27(20-48)50(26,2)21-22-16-43-17-22;3-2(4,5)1(6)7;2-1-3/h2*4-7,10,13-14,18,22,24,26-27,38,43H,3,8-9,11-12,15-17,19-21H2,1-2H3;(H,6,7);1H,(H,2,3). The van der Waals surface area contributed by atoms with Crippen molar-refractivity contribution in [3.05, 3.63) is 143 Å². The van der Waals surface area contributed by atoms with Crippen LogP contribution in [0.25, 0.3) is 33.8 Å². The number of imidazole rings is 2. The predicted molar refractivity (Wildman–Crippen MR) is 395 cm³/mol. The molecule has 4 amide bonds. The van der Waals surface area contributed by atoms with Gasteiger partial charge in [0.05, 0.1) is 90.0 Å². The van der Waals surface area contributed by atoms with Crippen molar-refractivity contribution in [2.75, 3.05) is 116 Å². The van der Waals surface area contributed by atoms with Gasteiger partial charge in [-0.2, -0.15) is 39.5 Å². The van der Waals surface area contributed by atoms with Gasteiger partial charge in [-0.25, -0.2) is 28.7 Å². The van der Waals surface area contributed by atoms with E-state index in [1.165, 1.54) is 71.9 Å². The van der Waals surface area contributed by atoms with E-state index in [0.717, 1.165) is 109 Å². The van der Waals surface area contributed by atoms with Crippen LogP contribution in [0, 0.1) is 46.9 Å². The van der Waals surface area contributed by atoms with Gasteiger partial charge in [0.25, 0.3) is 11.8 Å². The highest BCUT2D eigenvalue weighted by Gasteiger charge is 2.60. The molecule has 10 aliphatic heterocycles. The third kappa shape index (κ3) is 17.1. The highest BCUT2D eigenvalue weighted by atomic mass is 19.4. The van der Waals surface area contributed by atoms with E-state index < -0.39 is 66.6 Å². The maximum absolute atomic E-state index is 15.0. The minimum atomic E-state index is -5.19. The lowest BCUT2D eigenvalue weighted by Crippen LogP contribution is -2.80. The van der Waals surface area contributed by atoms with Crippen LogP contribution in [0.3, 0.4) is 0 Å². The first-order valence-electron chi connectivity index (χ1n) is 38.3. The normalized spacial score (nSPS) is 22.0. The number of amides is 4. The molecule has 8 aromatic rings. The summed E-state index contributed by atoms with van der Waals surface area (Å²) in [5, 5.41) is 30.3. The second-order valence-electron chi connectivity index (χ2n) is 30.9. The van der Waals surface area contributed by atoms with Crippen molar-refractivity contribution in [3.63, 3.8) is 0 Å². The molecule has 0 radical (unpaired) electrons. The number of aryl methyl sites for hydroxylation is 2. The van der Waals surface area contributed by atoms with Crippen LogP contribution in [0.5, 0.6) is 11.5 Å². The summed E-state index contributed by atoms with van der Waals surface area (Å²) in [6.07, 6.45) is 9.70. The Bertz CT molecular complexity index is 4660. The SMILES string of the molecule is CCc1cc(Nc2nccn3c(-c4ccc(OC(F)F)c(F)c4F)cnc23)ccc1C(=O)N1CCC(C(=O)N2CC3CC(C2)[N+]3(C)CC2CNC2)CC1.CCc1cc(Nc2nccn3c(-c4ccc(OC(F)F)c(F)c4F)cnc23)ccc1C(=O)N1CCC(C(=O)N2CC3CC(C2)[N+]3(C)CC2CNC2)CC1.O=C([O-])C(F)(F)F.O=C[O-]. The molecule has 4 N–H and O–H groups in total. The summed E-state index contributed by atoms with van der Waals surface area (Å²) >= 11 is 0. The molecule has 4 unspecified atom stereocenters. The minimum Gasteiger partial charge on any atom is -0.554 e. The number of anilines is 4. The molecule has 18 rings (SSSR count). The van der Waals surface area contributed by atoms with Crippen molar-refractivity contribution < 1.29 is 106 Å². The summed E-state index contributed by atoms with van der Waals surface area (Å²) in [5.41, 5.74) is 4.77. The quantitative estimate of drug-likeness (QED) is 0.0321. The largest absolute Gasteiger partial charge is 0.554 e. The monoisotopic (exact) mass is 1630 g/mol. The van der Waals surface area contributed by atoms with E-state index in [2.05, 4.69) is 74.6 Å². The second kappa shape index (κ2) is 34.6. The molecule has 37 heteroatoms. The van der Waals surface area contributed by atoms with Crippen LogP contribution in [0.15, 0.2) is 97.8 Å². The molecule has 4 atom stereocenters. The predicted octanol–water partition coefficient (Wildman–Crippen LogP) is 7.83. The summed E-state index contributed by atoms with van der Waals surface area (Å²) in [6, 6.07) is 17.2. The van der Waals surface area contributed by atoms with Crippen molar-refractivity contribution >= 4 is 70.4 Å². The topological polar surface area (TPSA) is 288 Å². The Morgan fingerprint density at radius 3 is 1.22 bits per heavy atom. The minimum absolute atomic E-state index is 0.0591. The molecule has 10 aliphatic rings. The summed E-state index contributed by atoms with van der Waals surface area (Å²) in [4.78, 5) is 97.2. The van der Waals surface area contributed by atoms with Crippen LogP contribution in [0.4, 0.5) is 71.3 Å². The van der Waals surface area contributed by atoms with E-state index >= 15 is 0 Å². The van der Waals surface area contributed by atoms with E-state index in [-0.39, 0.29) is 58.0 Å². The number of carboxylic acid groups (broad SMARTS) is 2. The smallest absolute Gasteiger partial charge is 0.430 e. The van der Waals surface area contributed by atoms with Gasteiger partial charge < -0.3 is 79.1 Å². The number of carbonyl (C=O) groups excluding carboxylic acids is 6. The zero-order chi connectivity index (χ0) is 82.8. The number of nitrogens with one attached hydrogen (secondary N) is 4. The molecule has 116 heavy (non-hydrogen) atoms. The Balaban J connectivity index is 0.000000181. The van der Waals surface area contributed by atoms with Crippen molar-refractivity contribution in [3.8, 4) is 34.0 Å². The second-order valence-corrected chi connectivity index (χ2v) is 30.9. The number of fused-ring (bicyclic) bond motifs is 6. The molecule has 0 aliphatic carbocycles. The number of aromatic nitrogens is 6. The van der Waals surface area contributed by atoms with Crippen LogP contribution in [-0.4, -0.2) is 243 Å². The number of piperazine rings is 2. The molecule has 10 fully saturated rings. The maximum Gasteiger partial charge on any atom is 0.430 e. The Morgan fingerprint density at radius 2 is 0.914 bits per heavy atom. The number of carboxylic acids is 1. The van der Waals surface area contributed by atoms with E-state index in [1.807, 2.05) is 35.8 Å². The average Bonchev–Trinajstić information content (AvgIpc) is 1.04. The number of benzene rings is 4. The first-order chi connectivity index (χ1) is 55.4. The maximum atomic E-state index is 15.0. The van der Waals surface area contributed by atoms with Gasteiger partial charge in [-0.15, -0.1) is 0 Å². The zero-order valence-corrected chi connectivity index (χ0v) is 63.8. The molecule has 4 aromatic heterocycles. The number of hydrogen-bond acceptors (Lipinski definition) is 18. The number of quaternary nitrogens is 2. The van der Waals surface area contributed by atoms with Crippen molar-refractivity contribution in [1.29, 1.82) is 0 Å². The van der Waals surface area contributed by atoms with Crippen LogP contribution in [0.2, 0.25) is 0 Å². The van der Waals surface area contributed by atoms with Gasteiger partial charge >= 0.3 is 19.4 Å². The summed E-state index contributed by atoms with van der Waals surface area (Å²) < 4.78 is 154. The number of halogens is 11. The fourth-order valence-electron chi connectivity index (χ4n) is 17.5. The average molecular weight is 1630 g/mol. The number of ether oxygens (including phenoxy) is 2. The molecule has 0 spiro atoms. The summed E-state index contributed by atoms with van der Waals surface area (Å²) in [6.45, 7) is 9.15. The number of alkyl halides is 7. The molecular weight excluding hydrogens is 1540 g/mol. The number of piperidine rings is 4. The van der Waals surface area contributed by atoms with E-state index in [4.69, 9.17) is 19.8 Å². The van der Waals surface area contributed by atoms with E-state index in [9.17, 15) is 67.5 Å². The molecule has 14 heterocycles. The van der Waals surface area contributed by atoms with Crippen LogP contribution < -0.4 is 41.0 Å². The number of hydrogen-bond donors (Lipinski definition) is 4. The molecule has 620 valence electrons. The number of aliphatic carboxylic acids is 1. The van der Waals surface area contributed by atoms with Crippen molar-refractivity contribution in [1.82, 2.24) is 59.0 Å². The molecular formula is C79H87F11N16O10. The third-order valence-corrected chi connectivity index (χ3v) is 24.2. The first-order valence-corrected chi connectivity index (χ1v) is 38.3. The fourth-order valence-corrected chi connectivity index (χ4v) is 17.5. The lowest BCUT2D eigenvalue weighted by atomic mass is 9.80. The number of likely N-dealkylation sites (tertiary alicyclic amines) is 2. The fraction of sp³-hybridized carbons (Fsp3) is 0.468. The van der Waals surface area contributed by atoms with Crippen molar-refractivity contribution in [2.45, 2.75) is 109 Å². The molecule has 26 nitrogen and oxygen atoms in total. The van der Waals surface area contributed by atoms with E-state index in [1.54, 1.807) is 24.3 Å². The summed E-state index contributed by atoms with van der Waals surface area (Å²) in [5.74, 6) is -8.14. The lowest BCUT2D eigenvalue weighted by molar-refractivity contribution is -1.00. The third-order valence-electron chi connectivity index (χ3n) is 24.2. The molecule has 4 bridgehead atoms. The Hall–Kier alpha value is -10.8. The number of rotatable bonds is 20. The van der Waals surface area contributed by atoms with Gasteiger partial charge in [-0.05, 0) is 110 Å². The molecule has 0 saturated carbocycles. The summed E-state index contributed by atoms with van der Waals surface area (Å²) in [7, 11) is 4.75. The molecule has 4 aromatic carbocycles. The van der Waals surface area contributed by atoms with Gasteiger partial charge in [0, 0.05) is 141 Å². The number of likely N-dealkylation sites (N-methyl/N-ethyl adjacent to an activating group) is 2. The highest BCUT2D eigenvalue weighted by Crippen LogP contribution is 2.44. The van der Waals surface area contributed by atoms with Gasteiger partial charge in [-0.3, -0.25) is 28.0 Å². The Labute approximate surface area is 658 Å². The first kappa shape index (κ1) is 83.2. The zero-order valence-electron chi connectivity index (χ0n) is 63.8. The van der Waals surface area contributed by atoms with Gasteiger partial charge in [0.15, 0.2) is 46.1 Å². The van der Waals surface area contributed by atoms with Crippen LogP contribution >= 0.6 is 0 Å². The number of nitrogens with zero attached hydrogens (tertiary/aromatic N) is 12. The molecule has 10 saturated heterocycles. The Kier molecular flexibility index (Phi) is 24.8. The highest BCUT2D eigenvalue weighted by molar-refractivity contribution is 5.97. The van der Waals surface area contributed by atoms with E-state index in [0.29, 0.717) is 134 Å². The number of carbonyl (C=O) groups is 6. The Morgan fingerprint density at radius 1 is 0.560 bits per heavy atom. The van der Waals surface area contributed by atoms with Crippen LogP contribution in [-0.2, 0) is 32.0 Å². The lowest BCUT2D eigenvalue weighted by Gasteiger charge is -2.63.